The lowest BCUT2D eigenvalue weighted by Gasteiger charge is -2.33. The van der Waals surface area contributed by atoms with Crippen LogP contribution in [0.3, 0.4) is 0 Å². The van der Waals surface area contributed by atoms with E-state index < -0.39 is 17.9 Å². The van der Waals surface area contributed by atoms with Gasteiger partial charge in [-0.3, -0.25) is 4.79 Å². The Labute approximate surface area is 152 Å². The second-order valence-corrected chi connectivity index (χ2v) is 7.47. The number of hydrogen-bond acceptors (Lipinski definition) is 5. The van der Waals surface area contributed by atoms with Crippen molar-refractivity contribution in [1.29, 1.82) is 0 Å². The summed E-state index contributed by atoms with van der Waals surface area (Å²) < 4.78 is 10.7. The molecule has 3 rings (SSSR count). The lowest BCUT2D eigenvalue weighted by Crippen LogP contribution is -2.41. The molecule has 1 amide bonds. The van der Waals surface area contributed by atoms with E-state index in [4.69, 9.17) is 9.47 Å². The molecule has 1 unspecified atom stereocenters. The lowest BCUT2D eigenvalue weighted by atomic mass is 9.93. The van der Waals surface area contributed by atoms with Crippen LogP contribution in [0.1, 0.15) is 33.3 Å². The van der Waals surface area contributed by atoms with E-state index in [2.05, 4.69) is 0 Å². The van der Waals surface area contributed by atoms with Crippen molar-refractivity contribution in [2.45, 2.75) is 45.8 Å². The Morgan fingerprint density at radius 2 is 1.85 bits per heavy atom. The molecule has 1 heterocycles. The fourth-order valence-electron chi connectivity index (χ4n) is 3.20. The first-order valence-corrected chi connectivity index (χ1v) is 8.57. The third kappa shape index (κ3) is 3.65. The number of carbonyl (C=O) groups is 2. The van der Waals surface area contributed by atoms with Gasteiger partial charge in [-0.1, -0.05) is 24.3 Å². The van der Waals surface area contributed by atoms with E-state index in [1.165, 1.54) is 11.8 Å². The first-order valence-electron chi connectivity index (χ1n) is 8.57. The molecule has 1 N–H and O–H groups in total. The monoisotopic (exact) mass is 357 g/mol. The van der Waals surface area contributed by atoms with Gasteiger partial charge in [-0.05, 0) is 31.7 Å². The number of rotatable bonds is 1. The molecule has 6 heteroatoms. The summed E-state index contributed by atoms with van der Waals surface area (Å²) in [5.74, 6) is 0.153. The molecule has 6 nitrogen and oxygen atoms in total. The highest BCUT2D eigenvalue weighted by atomic mass is 16.7. The van der Waals surface area contributed by atoms with Crippen LogP contribution in [-0.2, 0) is 16.0 Å². The zero-order valence-electron chi connectivity index (χ0n) is 15.4. The molecule has 1 aliphatic rings. The Morgan fingerprint density at radius 3 is 2.46 bits per heavy atom. The maximum atomic E-state index is 12.1. The Kier molecular flexibility index (Phi) is 4.63. The molecule has 0 saturated carbocycles. The van der Waals surface area contributed by atoms with Gasteiger partial charge in [-0.15, -0.1) is 0 Å². The summed E-state index contributed by atoms with van der Waals surface area (Å²) in [7, 11) is 0. The molecule has 2 aromatic carbocycles. The van der Waals surface area contributed by atoms with Gasteiger partial charge in [0.2, 0.25) is 5.91 Å². The third-order valence-electron chi connectivity index (χ3n) is 4.18. The highest BCUT2D eigenvalue weighted by molar-refractivity contribution is 6.02. The molecule has 0 aliphatic carbocycles. The standard InChI is InChI=1S/C20H23NO5/c1-12(22)21-11-13(23)9-16-14-7-5-6-8-15(14)18(10-17(16)21)25-19(24)26-20(2,3)4/h5-8,10,13,23H,9,11H2,1-4H3. The van der Waals surface area contributed by atoms with Crippen LogP contribution < -0.4 is 9.64 Å². The van der Waals surface area contributed by atoms with Crippen LogP contribution in [0.4, 0.5) is 10.5 Å². The van der Waals surface area contributed by atoms with Crippen molar-refractivity contribution in [3.8, 4) is 5.75 Å². The molecule has 0 spiro atoms. The minimum absolute atomic E-state index is 0.177. The number of carbonyl (C=O) groups excluding carboxylic acids is 2. The van der Waals surface area contributed by atoms with Crippen LogP contribution in [0.15, 0.2) is 30.3 Å². The minimum Gasteiger partial charge on any atom is -0.428 e. The summed E-state index contributed by atoms with van der Waals surface area (Å²) >= 11 is 0. The summed E-state index contributed by atoms with van der Waals surface area (Å²) in [5, 5.41) is 11.8. The predicted octanol–water partition coefficient (Wildman–Crippen LogP) is 3.42. The molecule has 138 valence electrons. The fraction of sp³-hybridized carbons (Fsp3) is 0.400. The summed E-state index contributed by atoms with van der Waals surface area (Å²) in [5.41, 5.74) is 0.850. The van der Waals surface area contributed by atoms with Crippen molar-refractivity contribution in [2.24, 2.45) is 0 Å². The van der Waals surface area contributed by atoms with Gasteiger partial charge >= 0.3 is 6.16 Å². The molecule has 2 aromatic rings. The zero-order chi connectivity index (χ0) is 19.1. The quantitative estimate of drug-likeness (QED) is 0.625. The van der Waals surface area contributed by atoms with E-state index in [-0.39, 0.29) is 12.5 Å². The Morgan fingerprint density at radius 1 is 1.19 bits per heavy atom. The van der Waals surface area contributed by atoms with Gasteiger partial charge in [-0.2, -0.15) is 0 Å². The van der Waals surface area contributed by atoms with Crippen LogP contribution in [0.5, 0.6) is 5.75 Å². The van der Waals surface area contributed by atoms with Crippen LogP contribution in [-0.4, -0.2) is 35.4 Å². The van der Waals surface area contributed by atoms with Crippen LogP contribution in [0.2, 0.25) is 0 Å². The van der Waals surface area contributed by atoms with E-state index in [1.807, 2.05) is 24.3 Å². The van der Waals surface area contributed by atoms with E-state index in [1.54, 1.807) is 26.8 Å². The van der Waals surface area contributed by atoms with Gasteiger partial charge in [0.1, 0.15) is 11.4 Å². The lowest BCUT2D eigenvalue weighted by molar-refractivity contribution is -0.117. The second-order valence-electron chi connectivity index (χ2n) is 7.47. The molecule has 26 heavy (non-hydrogen) atoms. The first-order chi connectivity index (χ1) is 12.2. The summed E-state index contributed by atoms with van der Waals surface area (Å²) in [4.78, 5) is 25.7. The SMILES string of the molecule is CC(=O)N1CC(O)Cc2c1cc(OC(=O)OC(C)(C)C)c1ccccc21. The molecular weight excluding hydrogens is 334 g/mol. The molecule has 0 radical (unpaired) electrons. The summed E-state index contributed by atoms with van der Waals surface area (Å²) in [6.45, 7) is 6.95. The van der Waals surface area contributed by atoms with Crippen LogP contribution >= 0.6 is 0 Å². The predicted molar refractivity (Wildman–Crippen MR) is 98.5 cm³/mol. The number of hydrogen-bond donors (Lipinski definition) is 1. The Hall–Kier alpha value is -2.60. The largest absolute Gasteiger partial charge is 0.514 e. The van der Waals surface area contributed by atoms with Crippen molar-refractivity contribution in [2.75, 3.05) is 11.4 Å². The molecule has 1 aliphatic heterocycles. The van der Waals surface area contributed by atoms with Crippen LogP contribution in [0.25, 0.3) is 10.8 Å². The van der Waals surface area contributed by atoms with Gasteiger partial charge in [-0.25, -0.2) is 4.79 Å². The fourth-order valence-corrected chi connectivity index (χ4v) is 3.20. The summed E-state index contributed by atoms with van der Waals surface area (Å²) in [6.07, 6.45) is -0.993. The van der Waals surface area contributed by atoms with E-state index in [0.29, 0.717) is 17.9 Å². The number of aliphatic hydroxyl groups excluding tert-OH is 1. The highest BCUT2D eigenvalue weighted by Crippen LogP contribution is 2.39. The topological polar surface area (TPSA) is 76.1 Å². The van der Waals surface area contributed by atoms with Gasteiger partial charge in [0.05, 0.1) is 18.3 Å². The Bertz CT molecular complexity index is 868. The number of aliphatic hydroxyl groups is 1. The van der Waals surface area contributed by atoms with Crippen molar-refractivity contribution < 1.29 is 24.2 Å². The molecule has 0 aromatic heterocycles. The van der Waals surface area contributed by atoms with Crippen molar-refractivity contribution >= 4 is 28.5 Å². The molecular formula is C20H23NO5. The van der Waals surface area contributed by atoms with Crippen LogP contribution in [0, 0.1) is 0 Å². The zero-order valence-corrected chi connectivity index (χ0v) is 15.4. The van der Waals surface area contributed by atoms with Crippen molar-refractivity contribution in [3.63, 3.8) is 0 Å². The number of ether oxygens (including phenoxy) is 2. The summed E-state index contributed by atoms with van der Waals surface area (Å²) in [6, 6.07) is 9.13. The van der Waals surface area contributed by atoms with Crippen molar-refractivity contribution in [1.82, 2.24) is 0 Å². The average Bonchev–Trinajstić information content (AvgIpc) is 2.53. The smallest absolute Gasteiger partial charge is 0.428 e. The average molecular weight is 357 g/mol. The number of β-amino-alcohol motifs (C(OH)–C–C–N with tert-alkyl or cyclic N) is 1. The van der Waals surface area contributed by atoms with Gasteiger partial charge < -0.3 is 19.5 Å². The molecule has 1 atom stereocenters. The van der Waals surface area contributed by atoms with Crippen molar-refractivity contribution in [3.05, 3.63) is 35.9 Å². The number of anilines is 1. The number of fused-ring (bicyclic) bond motifs is 3. The maximum absolute atomic E-state index is 12.1. The normalized spacial score (nSPS) is 17.0. The number of benzene rings is 2. The first kappa shape index (κ1) is 18.2. The van der Waals surface area contributed by atoms with E-state index >= 15 is 0 Å². The number of amides is 1. The van der Waals surface area contributed by atoms with Gasteiger partial charge in [0.15, 0.2) is 0 Å². The highest BCUT2D eigenvalue weighted by Gasteiger charge is 2.29. The van der Waals surface area contributed by atoms with E-state index in [0.717, 1.165) is 16.3 Å². The molecule has 0 fully saturated rings. The van der Waals surface area contributed by atoms with E-state index in [9.17, 15) is 14.7 Å². The van der Waals surface area contributed by atoms with Gasteiger partial charge in [0, 0.05) is 24.8 Å². The third-order valence-corrected chi connectivity index (χ3v) is 4.18. The Balaban J connectivity index is 2.12. The second kappa shape index (κ2) is 6.61. The minimum atomic E-state index is -0.798. The maximum Gasteiger partial charge on any atom is 0.514 e. The number of nitrogens with zero attached hydrogens (tertiary/aromatic N) is 1. The molecule has 0 saturated heterocycles. The van der Waals surface area contributed by atoms with Gasteiger partial charge in [0.25, 0.3) is 0 Å². The molecule has 0 bridgehead atoms.